The third-order valence-electron chi connectivity index (χ3n) is 2.52. The molecule has 0 unspecified atom stereocenters. The molecule has 0 aliphatic carbocycles. The van der Waals surface area contributed by atoms with Crippen molar-refractivity contribution < 1.29 is 14.6 Å². The SMILES string of the molecule is Cc1cc(NCCOCCN(C)C)c(C(=O)O)cn1. The molecule has 2 N–H and O–H groups in total. The molecule has 6 nitrogen and oxygen atoms in total. The Labute approximate surface area is 113 Å². The van der Waals surface area contributed by atoms with Crippen molar-refractivity contribution in [2.24, 2.45) is 0 Å². The average molecular weight is 267 g/mol. The van der Waals surface area contributed by atoms with Gasteiger partial charge in [0.05, 0.1) is 18.9 Å². The van der Waals surface area contributed by atoms with Crippen LogP contribution in [0.4, 0.5) is 5.69 Å². The Balaban J connectivity index is 2.40. The minimum Gasteiger partial charge on any atom is -0.478 e. The number of nitrogens with one attached hydrogen (secondary N) is 1. The quantitative estimate of drug-likeness (QED) is 0.686. The number of hydrogen-bond donors (Lipinski definition) is 2. The van der Waals surface area contributed by atoms with Gasteiger partial charge in [0.2, 0.25) is 0 Å². The van der Waals surface area contributed by atoms with Crippen molar-refractivity contribution in [2.45, 2.75) is 6.92 Å². The summed E-state index contributed by atoms with van der Waals surface area (Å²) in [5.41, 5.74) is 1.54. The second kappa shape index (κ2) is 7.70. The number of rotatable bonds is 8. The summed E-state index contributed by atoms with van der Waals surface area (Å²) in [7, 11) is 3.97. The highest BCUT2D eigenvalue weighted by molar-refractivity contribution is 5.93. The Kier molecular flexibility index (Phi) is 6.24. The predicted molar refractivity (Wildman–Crippen MR) is 73.8 cm³/mol. The topological polar surface area (TPSA) is 74.7 Å². The van der Waals surface area contributed by atoms with Crippen molar-refractivity contribution in [3.63, 3.8) is 0 Å². The summed E-state index contributed by atoms with van der Waals surface area (Å²) in [6, 6.07) is 1.73. The number of pyridine rings is 1. The monoisotopic (exact) mass is 267 g/mol. The molecule has 0 aliphatic rings. The molecule has 19 heavy (non-hydrogen) atoms. The highest BCUT2D eigenvalue weighted by atomic mass is 16.5. The average Bonchev–Trinajstić information content (AvgIpc) is 2.33. The summed E-state index contributed by atoms with van der Waals surface area (Å²) in [6.07, 6.45) is 1.37. The first-order chi connectivity index (χ1) is 9.00. The van der Waals surface area contributed by atoms with Crippen molar-refractivity contribution in [3.8, 4) is 0 Å². The van der Waals surface area contributed by atoms with Crippen molar-refractivity contribution >= 4 is 11.7 Å². The van der Waals surface area contributed by atoms with E-state index in [1.54, 1.807) is 6.07 Å². The molecule has 0 atom stereocenters. The first-order valence-electron chi connectivity index (χ1n) is 6.17. The van der Waals surface area contributed by atoms with Gasteiger partial charge in [-0.05, 0) is 27.1 Å². The lowest BCUT2D eigenvalue weighted by Crippen LogP contribution is -2.20. The Morgan fingerprint density at radius 3 is 2.84 bits per heavy atom. The van der Waals surface area contributed by atoms with E-state index in [1.165, 1.54) is 6.20 Å². The maximum Gasteiger partial charge on any atom is 0.339 e. The molecular formula is C13H21N3O3. The van der Waals surface area contributed by atoms with Gasteiger partial charge in [-0.1, -0.05) is 0 Å². The molecule has 106 valence electrons. The van der Waals surface area contributed by atoms with Crippen LogP contribution in [0.1, 0.15) is 16.1 Å². The standard InChI is InChI=1S/C13H21N3O3/c1-10-8-12(11(9-15-10)13(17)18)14-4-6-19-7-5-16(2)3/h8-9H,4-7H2,1-3H3,(H,14,15)(H,17,18). The van der Waals surface area contributed by atoms with Crippen LogP contribution in [-0.2, 0) is 4.74 Å². The Bertz CT molecular complexity index is 422. The molecule has 0 bridgehead atoms. The Hall–Kier alpha value is -1.66. The minimum atomic E-state index is -0.983. The second-order valence-corrected chi connectivity index (χ2v) is 4.52. The van der Waals surface area contributed by atoms with Crippen LogP contribution in [0.5, 0.6) is 0 Å². The van der Waals surface area contributed by atoms with E-state index in [2.05, 4.69) is 10.3 Å². The predicted octanol–water partition coefficient (Wildman–Crippen LogP) is 1.08. The van der Waals surface area contributed by atoms with Crippen LogP contribution in [0.15, 0.2) is 12.3 Å². The van der Waals surface area contributed by atoms with Crippen LogP contribution in [0.2, 0.25) is 0 Å². The summed E-state index contributed by atoms with van der Waals surface area (Å²) in [4.78, 5) is 17.1. The number of aromatic carboxylic acids is 1. The van der Waals surface area contributed by atoms with Gasteiger partial charge in [-0.2, -0.15) is 0 Å². The summed E-state index contributed by atoms with van der Waals surface area (Å²) in [5.74, 6) is -0.983. The number of anilines is 1. The number of carboxylic acid groups (broad SMARTS) is 1. The third kappa shape index (κ3) is 5.67. The molecule has 1 aromatic rings. The molecule has 0 radical (unpaired) electrons. The Morgan fingerprint density at radius 2 is 2.21 bits per heavy atom. The molecule has 6 heteroatoms. The van der Waals surface area contributed by atoms with Gasteiger partial charge in [0.25, 0.3) is 0 Å². The molecule has 0 saturated carbocycles. The molecule has 0 aromatic carbocycles. The van der Waals surface area contributed by atoms with Crippen LogP contribution >= 0.6 is 0 Å². The van der Waals surface area contributed by atoms with Crippen LogP contribution in [0.25, 0.3) is 0 Å². The third-order valence-corrected chi connectivity index (χ3v) is 2.52. The Morgan fingerprint density at radius 1 is 1.47 bits per heavy atom. The van der Waals surface area contributed by atoms with Gasteiger partial charge < -0.3 is 20.1 Å². The van der Waals surface area contributed by atoms with Gasteiger partial charge in [-0.3, -0.25) is 4.98 Å². The first-order valence-corrected chi connectivity index (χ1v) is 6.17. The highest BCUT2D eigenvalue weighted by Gasteiger charge is 2.10. The molecule has 1 heterocycles. The van der Waals surface area contributed by atoms with Crippen LogP contribution in [0, 0.1) is 6.92 Å². The maximum absolute atomic E-state index is 11.0. The van der Waals surface area contributed by atoms with Gasteiger partial charge in [0.1, 0.15) is 5.56 Å². The summed E-state index contributed by atoms with van der Waals surface area (Å²) >= 11 is 0. The van der Waals surface area contributed by atoms with Crippen molar-refractivity contribution in [3.05, 3.63) is 23.5 Å². The second-order valence-electron chi connectivity index (χ2n) is 4.52. The van der Waals surface area contributed by atoms with Gasteiger partial charge in [0, 0.05) is 25.0 Å². The smallest absolute Gasteiger partial charge is 0.339 e. The molecular weight excluding hydrogens is 246 g/mol. The molecule has 0 spiro atoms. The zero-order chi connectivity index (χ0) is 14.3. The lowest BCUT2D eigenvalue weighted by atomic mass is 10.2. The number of likely N-dealkylation sites (N-methyl/N-ethyl adjacent to an activating group) is 1. The molecule has 1 aromatic heterocycles. The number of carbonyl (C=O) groups is 1. The van der Waals surface area contributed by atoms with E-state index in [-0.39, 0.29) is 5.56 Å². The summed E-state index contributed by atoms with van der Waals surface area (Å²) < 4.78 is 5.43. The van der Waals surface area contributed by atoms with E-state index in [0.717, 1.165) is 12.2 Å². The number of carboxylic acids is 1. The first kappa shape index (κ1) is 15.4. The molecule has 0 aliphatic heterocycles. The maximum atomic E-state index is 11.0. The van der Waals surface area contributed by atoms with E-state index in [4.69, 9.17) is 9.84 Å². The fraction of sp³-hybridized carbons (Fsp3) is 0.538. The largest absolute Gasteiger partial charge is 0.478 e. The molecule has 0 fully saturated rings. The highest BCUT2D eigenvalue weighted by Crippen LogP contribution is 2.15. The van der Waals surface area contributed by atoms with E-state index in [1.807, 2.05) is 25.9 Å². The van der Waals surface area contributed by atoms with E-state index in [9.17, 15) is 4.79 Å². The van der Waals surface area contributed by atoms with Gasteiger partial charge >= 0.3 is 5.97 Å². The number of hydrogen-bond acceptors (Lipinski definition) is 5. The van der Waals surface area contributed by atoms with Gasteiger partial charge in [-0.15, -0.1) is 0 Å². The fourth-order valence-electron chi connectivity index (χ4n) is 1.48. The van der Waals surface area contributed by atoms with E-state index in [0.29, 0.717) is 25.4 Å². The minimum absolute atomic E-state index is 0.180. The van der Waals surface area contributed by atoms with Crippen LogP contribution in [0.3, 0.4) is 0 Å². The van der Waals surface area contributed by atoms with Gasteiger partial charge in [0.15, 0.2) is 0 Å². The number of aryl methyl sites for hydroxylation is 1. The van der Waals surface area contributed by atoms with Crippen LogP contribution < -0.4 is 5.32 Å². The summed E-state index contributed by atoms with van der Waals surface area (Å²) in [6.45, 7) is 4.46. The number of nitrogens with zero attached hydrogens (tertiary/aromatic N) is 2. The van der Waals surface area contributed by atoms with Crippen molar-refractivity contribution in [2.75, 3.05) is 45.7 Å². The lowest BCUT2D eigenvalue weighted by Gasteiger charge is -2.12. The molecule has 1 rings (SSSR count). The molecule has 0 saturated heterocycles. The summed E-state index contributed by atoms with van der Waals surface area (Å²) in [5, 5.41) is 12.1. The normalized spacial score (nSPS) is 10.7. The lowest BCUT2D eigenvalue weighted by molar-refractivity contribution is 0.0697. The zero-order valence-electron chi connectivity index (χ0n) is 11.6. The van der Waals surface area contributed by atoms with E-state index < -0.39 is 5.97 Å². The molecule has 0 amide bonds. The van der Waals surface area contributed by atoms with Crippen molar-refractivity contribution in [1.82, 2.24) is 9.88 Å². The van der Waals surface area contributed by atoms with Gasteiger partial charge in [-0.25, -0.2) is 4.79 Å². The fourth-order valence-corrected chi connectivity index (χ4v) is 1.48. The number of aromatic nitrogens is 1. The van der Waals surface area contributed by atoms with E-state index >= 15 is 0 Å². The number of ether oxygens (including phenoxy) is 1. The van der Waals surface area contributed by atoms with Crippen molar-refractivity contribution in [1.29, 1.82) is 0 Å². The zero-order valence-corrected chi connectivity index (χ0v) is 11.6. The van der Waals surface area contributed by atoms with Crippen LogP contribution in [-0.4, -0.2) is 61.4 Å².